The van der Waals surface area contributed by atoms with E-state index in [0.717, 1.165) is 52.8 Å². The topological polar surface area (TPSA) is 75.3 Å². The fourth-order valence-electron chi connectivity index (χ4n) is 4.86. The normalized spacial score (nSPS) is 14.1. The molecule has 2 heterocycles. The van der Waals surface area contributed by atoms with Gasteiger partial charge in [-0.1, -0.05) is 48.5 Å². The van der Waals surface area contributed by atoms with E-state index >= 15 is 0 Å². The highest BCUT2D eigenvalue weighted by Gasteiger charge is 2.34. The van der Waals surface area contributed by atoms with Gasteiger partial charge in [0, 0.05) is 29.2 Å². The molecule has 6 nitrogen and oxygen atoms in total. The highest BCUT2D eigenvalue weighted by atomic mass is 32.2. The van der Waals surface area contributed by atoms with Gasteiger partial charge in [0.1, 0.15) is 12.4 Å². The predicted molar refractivity (Wildman–Crippen MR) is 158 cm³/mol. The first kappa shape index (κ1) is 27.0. The Bertz CT molecular complexity index is 1620. The van der Waals surface area contributed by atoms with Crippen LogP contribution in [0.4, 0.5) is 4.79 Å². The van der Waals surface area contributed by atoms with E-state index in [1.54, 1.807) is 6.07 Å². The molecular formula is C33H29N3O3S. The molecule has 1 aliphatic heterocycles. The molecule has 1 fully saturated rings. The van der Waals surface area contributed by atoms with Crippen LogP contribution >= 0.6 is 11.8 Å². The summed E-state index contributed by atoms with van der Waals surface area (Å²) in [6.45, 7) is 4.75. The molecule has 200 valence electrons. The van der Waals surface area contributed by atoms with Gasteiger partial charge in [-0.3, -0.25) is 14.5 Å². The maximum Gasteiger partial charge on any atom is 0.293 e. The minimum Gasteiger partial charge on any atom is -0.489 e. The third-order valence-electron chi connectivity index (χ3n) is 6.95. The first-order valence-electron chi connectivity index (χ1n) is 13.1. The molecule has 1 aromatic heterocycles. The Morgan fingerprint density at radius 1 is 0.950 bits per heavy atom. The number of aryl methyl sites for hydroxylation is 2. The zero-order valence-electron chi connectivity index (χ0n) is 22.5. The lowest BCUT2D eigenvalue weighted by Crippen LogP contribution is -2.29. The summed E-state index contributed by atoms with van der Waals surface area (Å²) < 4.78 is 8.03. The van der Waals surface area contributed by atoms with Crippen LogP contribution in [0.25, 0.3) is 11.8 Å². The molecule has 0 atom stereocenters. The number of hydrogen-bond acceptors (Lipinski definition) is 5. The van der Waals surface area contributed by atoms with Crippen LogP contribution in [0.5, 0.6) is 5.75 Å². The van der Waals surface area contributed by atoms with Gasteiger partial charge in [-0.05, 0) is 92.1 Å². The van der Waals surface area contributed by atoms with Crippen LogP contribution in [0.1, 0.15) is 40.1 Å². The molecule has 1 saturated heterocycles. The molecule has 4 aromatic rings. The Balaban J connectivity index is 1.26. The Kier molecular flexibility index (Phi) is 8.18. The molecule has 40 heavy (non-hydrogen) atoms. The first-order chi connectivity index (χ1) is 19.4. The third kappa shape index (κ3) is 5.88. The SMILES string of the molecule is Cc1cc(/C=C2/SC(=O)N(CCCc3ccccc3)C2=O)c(C)n1-c1ccc(OCc2ccccc2C#N)cc1. The standard InChI is InChI=1S/C33H29N3O3S/c1-23-19-28(20-31-32(37)35(33(38)40-31)18-8-11-25-9-4-3-5-10-25)24(2)36(23)29-14-16-30(17-15-29)39-22-27-13-7-6-12-26(27)21-34/h3-7,9-10,12-17,19-20H,8,11,18,22H2,1-2H3/b31-20+. The maximum atomic E-state index is 13.1. The molecule has 0 N–H and O–H groups in total. The minimum atomic E-state index is -0.229. The van der Waals surface area contributed by atoms with Gasteiger partial charge in [0.2, 0.25) is 0 Å². The van der Waals surface area contributed by atoms with Crippen molar-refractivity contribution in [3.63, 3.8) is 0 Å². The van der Waals surface area contributed by atoms with Crippen LogP contribution in [-0.2, 0) is 17.8 Å². The Hall–Kier alpha value is -4.54. The van der Waals surface area contributed by atoms with Gasteiger partial charge in [-0.2, -0.15) is 5.26 Å². The van der Waals surface area contributed by atoms with E-state index in [9.17, 15) is 14.9 Å². The van der Waals surface area contributed by atoms with Gasteiger partial charge in [0.25, 0.3) is 11.1 Å². The van der Waals surface area contributed by atoms with Crippen molar-refractivity contribution in [1.29, 1.82) is 5.26 Å². The van der Waals surface area contributed by atoms with Crippen LogP contribution in [0, 0.1) is 25.2 Å². The molecule has 5 rings (SSSR count). The lowest BCUT2D eigenvalue weighted by atomic mass is 10.1. The predicted octanol–water partition coefficient (Wildman–Crippen LogP) is 7.21. The molecule has 0 aliphatic carbocycles. The van der Waals surface area contributed by atoms with E-state index in [1.165, 1.54) is 10.5 Å². The fraction of sp³-hybridized carbons (Fsp3) is 0.182. The number of amides is 2. The number of nitrogens with zero attached hydrogens (tertiary/aromatic N) is 3. The summed E-state index contributed by atoms with van der Waals surface area (Å²) in [4.78, 5) is 27.5. The first-order valence-corrected chi connectivity index (χ1v) is 14.0. The van der Waals surface area contributed by atoms with Crippen molar-refractivity contribution >= 4 is 29.0 Å². The quantitative estimate of drug-likeness (QED) is 0.207. The van der Waals surface area contributed by atoms with E-state index in [-0.39, 0.29) is 11.1 Å². The number of nitriles is 1. The summed E-state index contributed by atoms with van der Waals surface area (Å²) in [7, 11) is 0. The molecule has 0 unspecified atom stereocenters. The molecular weight excluding hydrogens is 518 g/mol. The molecule has 0 bridgehead atoms. The van der Waals surface area contributed by atoms with Crippen molar-refractivity contribution in [3.8, 4) is 17.5 Å². The number of aromatic nitrogens is 1. The van der Waals surface area contributed by atoms with E-state index in [4.69, 9.17) is 4.74 Å². The van der Waals surface area contributed by atoms with Crippen LogP contribution in [0.2, 0.25) is 0 Å². The monoisotopic (exact) mass is 547 g/mol. The summed E-state index contributed by atoms with van der Waals surface area (Å²) in [6.07, 6.45) is 3.37. The Morgan fingerprint density at radius 3 is 2.42 bits per heavy atom. The van der Waals surface area contributed by atoms with Gasteiger partial charge in [-0.25, -0.2) is 0 Å². The fourth-order valence-corrected chi connectivity index (χ4v) is 5.71. The number of thioether (sulfide) groups is 1. The second-order valence-electron chi connectivity index (χ2n) is 9.64. The largest absolute Gasteiger partial charge is 0.489 e. The minimum absolute atomic E-state index is 0.217. The molecule has 0 radical (unpaired) electrons. The van der Waals surface area contributed by atoms with Gasteiger partial charge in [0.05, 0.1) is 16.5 Å². The van der Waals surface area contributed by atoms with Crippen molar-refractivity contribution in [1.82, 2.24) is 9.47 Å². The van der Waals surface area contributed by atoms with Crippen molar-refractivity contribution in [2.45, 2.75) is 33.3 Å². The Morgan fingerprint density at radius 2 is 1.68 bits per heavy atom. The highest BCUT2D eigenvalue weighted by Crippen LogP contribution is 2.34. The van der Waals surface area contributed by atoms with Crippen LogP contribution < -0.4 is 4.74 Å². The third-order valence-corrected chi connectivity index (χ3v) is 7.85. The zero-order valence-corrected chi connectivity index (χ0v) is 23.3. The lowest BCUT2D eigenvalue weighted by Gasteiger charge is -2.12. The van der Waals surface area contributed by atoms with Crippen LogP contribution in [-0.4, -0.2) is 27.2 Å². The average Bonchev–Trinajstić information content (AvgIpc) is 3.41. The van der Waals surface area contributed by atoms with Crippen molar-refractivity contribution in [2.75, 3.05) is 6.54 Å². The second-order valence-corrected chi connectivity index (χ2v) is 10.6. The van der Waals surface area contributed by atoms with E-state index in [1.807, 2.05) is 86.7 Å². The van der Waals surface area contributed by atoms with Crippen molar-refractivity contribution < 1.29 is 14.3 Å². The van der Waals surface area contributed by atoms with Gasteiger partial charge < -0.3 is 9.30 Å². The van der Waals surface area contributed by atoms with E-state index in [0.29, 0.717) is 29.4 Å². The van der Waals surface area contributed by atoms with Gasteiger partial charge >= 0.3 is 0 Å². The van der Waals surface area contributed by atoms with E-state index in [2.05, 4.69) is 22.8 Å². The van der Waals surface area contributed by atoms with Crippen molar-refractivity contribution in [2.24, 2.45) is 0 Å². The lowest BCUT2D eigenvalue weighted by molar-refractivity contribution is -0.122. The molecule has 2 amide bonds. The summed E-state index contributed by atoms with van der Waals surface area (Å²) in [5.41, 5.74) is 6.51. The summed E-state index contributed by atoms with van der Waals surface area (Å²) in [6, 6.07) is 29.5. The molecule has 0 spiro atoms. The van der Waals surface area contributed by atoms with E-state index < -0.39 is 0 Å². The number of carbonyl (C=O) groups excluding carboxylic acids is 2. The maximum absolute atomic E-state index is 13.1. The molecule has 3 aromatic carbocycles. The number of ether oxygens (including phenoxy) is 1. The summed E-state index contributed by atoms with van der Waals surface area (Å²) in [5, 5.41) is 9.07. The summed E-state index contributed by atoms with van der Waals surface area (Å²) in [5.74, 6) is 0.479. The summed E-state index contributed by atoms with van der Waals surface area (Å²) >= 11 is 1.00. The smallest absolute Gasteiger partial charge is 0.293 e. The number of carbonyl (C=O) groups is 2. The highest BCUT2D eigenvalue weighted by molar-refractivity contribution is 8.18. The number of hydrogen-bond donors (Lipinski definition) is 0. The average molecular weight is 548 g/mol. The molecule has 1 aliphatic rings. The molecule has 7 heteroatoms. The second kappa shape index (κ2) is 12.1. The van der Waals surface area contributed by atoms with Gasteiger partial charge in [0.15, 0.2) is 0 Å². The molecule has 0 saturated carbocycles. The number of imide groups is 1. The number of benzene rings is 3. The Labute approximate surface area is 238 Å². The van der Waals surface area contributed by atoms with Crippen molar-refractivity contribution in [3.05, 3.63) is 123 Å². The van der Waals surface area contributed by atoms with Crippen LogP contribution in [0.3, 0.4) is 0 Å². The van der Waals surface area contributed by atoms with Gasteiger partial charge in [-0.15, -0.1) is 0 Å². The zero-order chi connectivity index (χ0) is 28.1. The number of rotatable bonds is 9. The van der Waals surface area contributed by atoms with Crippen LogP contribution in [0.15, 0.2) is 89.8 Å².